The van der Waals surface area contributed by atoms with E-state index in [-0.39, 0.29) is 25.5 Å². The second kappa shape index (κ2) is 7.86. The topological polar surface area (TPSA) is 88.8 Å². The summed E-state index contributed by atoms with van der Waals surface area (Å²) in [5.41, 5.74) is 1.66. The lowest BCUT2D eigenvalue weighted by Crippen LogP contribution is -2.28. The molecule has 0 aliphatic carbocycles. The Labute approximate surface area is 150 Å². The van der Waals surface area contributed by atoms with Crippen molar-refractivity contribution in [2.45, 2.75) is 19.9 Å². The van der Waals surface area contributed by atoms with E-state index in [1.165, 1.54) is 6.26 Å². The van der Waals surface area contributed by atoms with Gasteiger partial charge in [-0.1, -0.05) is 12.1 Å². The van der Waals surface area contributed by atoms with Crippen molar-refractivity contribution >= 4 is 23.5 Å². The first-order chi connectivity index (χ1) is 12.5. The number of anilines is 1. The molecule has 136 valence electrons. The van der Waals surface area contributed by atoms with Gasteiger partial charge in [-0.2, -0.15) is 0 Å². The van der Waals surface area contributed by atoms with Gasteiger partial charge in [0.05, 0.1) is 18.7 Å². The fourth-order valence-electron chi connectivity index (χ4n) is 2.85. The molecule has 0 saturated carbocycles. The van der Waals surface area contributed by atoms with Gasteiger partial charge in [0.1, 0.15) is 5.76 Å². The maximum Gasteiger partial charge on any atom is 0.311 e. The van der Waals surface area contributed by atoms with Crippen LogP contribution in [0.1, 0.15) is 17.7 Å². The number of esters is 1. The standard InChI is InChI=1S/C19H20N2O5/c1-13-4-2-5-15(8-13)20-17(22)12-26-19(24)14-9-18(23)21(10-14)11-16-6-3-7-25-16/h2-8,14H,9-12H2,1H3,(H,20,22)/t14-/m0/s1. The molecule has 1 aromatic carbocycles. The second-order valence-electron chi connectivity index (χ2n) is 6.28. The third-order valence-corrected chi connectivity index (χ3v) is 4.12. The Hall–Kier alpha value is -3.09. The van der Waals surface area contributed by atoms with Gasteiger partial charge in [-0.15, -0.1) is 0 Å². The molecule has 1 atom stereocenters. The minimum absolute atomic E-state index is 0.0824. The van der Waals surface area contributed by atoms with Crippen molar-refractivity contribution in [1.29, 1.82) is 0 Å². The molecule has 1 aliphatic rings. The fraction of sp³-hybridized carbons (Fsp3) is 0.316. The summed E-state index contributed by atoms with van der Waals surface area (Å²) in [4.78, 5) is 37.6. The lowest BCUT2D eigenvalue weighted by Gasteiger charge is -2.14. The number of hydrogen-bond donors (Lipinski definition) is 1. The van der Waals surface area contributed by atoms with Crippen molar-refractivity contribution in [3.05, 3.63) is 54.0 Å². The first kappa shape index (κ1) is 17.7. The van der Waals surface area contributed by atoms with Crippen LogP contribution in [0.5, 0.6) is 0 Å². The van der Waals surface area contributed by atoms with Crippen LogP contribution in [-0.4, -0.2) is 35.8 Å². The SMILES string of the molecule is Cc1cccc(NC(=O)COC(=O)[C@H]2CC(=O)N(Cc3ccco3)C2)c1. The molecule has 7 heteroatoms. The summed E-state index contributed by atoms with van der Waals surface area (Å²) in [5, 5.41) is 2.67. The first-order valence-electron chi connectivity index (χ1n) is 8.34. The van der Waals surface area contributed by atoms with Crippen molar-refractivity contribution in [3.63, 3.8) is 0 Å². The average Bonchev–Trinajstić information content (AvgIpc) is 3.23. The summed E-state index contributed by atoms with van der Waals surface area (Å²) in [7, 11) is 0. The Balaban J connectivity index is 1.46. The quantitative estimate of drug-likeness (QED) is 0.801. The van der Waals surface area contributed by atoms with Crippen molar-refractivity contribution in [2.75, 3.05) is 18.5 Å². The Morgan fingerprint density at radius 2 is 2.15 bits per heavy atom. The zero-order chi connectivity index (χ0) is 18.5. The number of likely N-dealkylation sites (tertiary alicyclic amines) is 1. The summed E-state index contributed by atoms with van der Waals surface area (Å²) in [5.74, 6) is -0.998. The molecule has 1 saturated heterocycles. The molecule has 1 aromatic heterocycles. The lowest BCUT2D eigenvalue weighted by molar-refractivity contribution is -0.151. The number of carbonyl (C=O) groups excluding carboxylic acids is 3. The fourth-order valence-corrected chi connectivity index (χ4v) is 2.85. The van der Waals surface area contributed by atoms with Crippen LogP contribution < -0.4 is 5.32 Å². The Kier molecular flexibility index (Phi) is 5.36. The molecule has 0 radical (unpaired) electrons. The number of amides is 2. The molecule has 1 fully saturated rings. The van der Waals surface area contributed by atoms with E-state index in [0.29, 0.717) is 18.0 Å². The van der Waals surface area contributed by atoms with Gasteiger partial charge in [0, 0.05) is 18.7 Å². The maximum atomic E-state index is 12.1. The van der Waals surface area contributed by atoms with Crippen molar-refractivity contribution in [2.24, 2.45) is 5.92 Å². The highest BCUT2D eigenvalue weighted by molar-refractivity contribution is 5.93. The predicted octanol–water partition coefficient (Wildman–Crippen LogP) is 2.12. The molecule has 0 unspecified atom stereocenters. The normalized spacial score (nSPS) is 16.6. The van der Waals surface area contributed by atoms with Crippen LogP contribution in [0.2, 0.25) is 0 Å². The number of nitrogens with zero attached hydrogens (tertiary/aromatic N) is 1. The van der Waals surface area contributed by atoms with E-state index in [4.69, 9.17) is 9.15 Å². The van der Waals surface area contributed by atoms with E-state index in [9.17, 15) is 14.4 Å². The Morgan fingerprint density at radius 3 is 2.88 bits per heavy atom. The molecule has 3 rings (SSSR count). The largest absolute Gasteiger partial charge is 0.467 e. The van der Waals surface area contributed by atoms with Crippen molar-refractivity contribution < 1.29 is 23.5 Å². The van der Waals surface area contributed by atoms with Crippen molar-refractivity contribution in [3.8, 4) is 0 Å². The van der Waals surface area contributed by atoms with Gasteiger partial charge in [-0.05, 0) is 36.8 Å². The lowest BCUT2D eigenvalue weighted by atomic mass is 10.1. The summed E-state index contributed by atoms with van der Waals surface area (Å²) < 4.78 is 10.3. The molecule has 1 N–H and O–H groups in total. The summed E-state index contributed by atoms with van der Waals surface area (Å²) in [6, 6.07) is 10.8. The Bertz CT molecular complexity index is 800. The van der Waals surface area contributed by atoms with Crippen LogP contribution >= 0.6 is 0 Å². The van der Waals surface area contributed by atoms with Crippen molar-refractivity contribution in [1.82, 2.24) is 4.90 Å². The number of hydrogen-bond acceptors (Lipinski definition) is 5. The summed E-state index contributed by atoms with van der Waals surface area (Å²) in [6.45, 7) is 2.12. The molecular weight excluding hydrogens is 336 g/mol. The number of ether oxygens (including phenoxy) is 1. The molecule has 2 heterocycles. The smallest absolute Gasteiger partial charge is 0.311 e. The molecule has 0 spiro atoms. The second-order valence-corrected chi connectivity index (χ2v) is 6.28. The van der Waals surface area contributed by atoms with Crippen LogP contribution in [0.15, 0.2) is 47.1 Å². The zero-order valence-electron chi connectivity index (χ0n) is 14.4. The van der Waals surface area contributed by atoms with Gasteiger partial charge in [0.2, 0.25) is 5.91 Å². The number of carbonyl (C=O) groups is 3. The molecule has 7 nitrogen and oxygen atoms in total. The number of benzene rings is 1. The van der Waals surface area contributed by atoms with E-state index >= 15 is 0 Å². The van der Waals surface area contributed by atoms with Crippen LogP contribution in [0, 0.1) is 12.8 Å². The van der Waals surface area contributed by atoms with Gasteiger partial charge in [0.25, 0.3) is 5.91 Å². The predicted molar refractivity (Wildman–Crippen MR) is 93.0 cm³/mol. The summed E-state index contributed by atoms with van der Waals surface area (Å²) >= 11 is 0. The molecular formula is C19H20N2O5. The number of rotatable bonds is 6. The minimum Gasteiger partial charge on any atom is -0.467 e. The first-order valence-corrected chi connectivity index (χ1v) is 8.34. The third kappa shape index (κ3) is 4.50. The maximum absolute atomic E-state index is 12.1. The average molecular weight is 356 g/mol. The number of furan rings is 1. The highest BCUT2D eigenvalue weighted by Gasteiger charge is 2.35. The molecule has 1 aliphatic heterocycles. The summed E-state index contributed by atoms with van der Waals surface area (Å²) in [6.07, 6.45) is 1.62. The van der Waals surface area contributed by atoms with Crippen LogP contribution in [0.3, 0.4) is 0 Å². The van der Waals surface area contributed by atoms with E-state index in [2.05, 4.69) is 5.32 Å². The van der Waals surface area contributed by atoms with E-state index < -0.39 is 17.8 Å². The third-order valence-electron chi connectivity index (χ3n) is 4.12. The van der Waals surface area contributed by atoms with Crippen LogP contribution in [0.25, 0.3) is 0 Å². The number of aryl methyl sites for hydroxylation is 1. The zero-order valence-corrected chi connectivity index (χ0v) is 14.4. The van der Waals surface area contributed by atoms with E-state index in [1.54, 1.807) is 23.1 Å². The highest BCUT2D eigenvalue weighted by atomic mass is 16.5. The Morgan fingerprint density at radius 1 is 1.31 bits per heavy atom. The highest BCUT2D eigenvalue weighted by Crippen LogP contribution is 2.21. The van der Waals surface area contributed by atoms with Crippen LogP contribution in [0.4, 0.5) is 5.69 Å². The van der Waals surface area contributed by atoms with Crippen LogP contribution in [-0.2, 0) is 25.7 Å². The van der Waals surface area contributed by atoms with Gasteiger partial charge in [-0.25, -0.2) is 0 Å². The molecule has 0 bridgehead atoms. The van der Waals surface area contributed by atoms with Gasteiger partial charge < -0.3 is 19.4 Å². The van der Waals surface area contributed by atoms with Gasteiger partial charge in [-0.3, -0.25) is 14.4 Å². The monoisotopic (exact) mass is 356 g/mol. The van der Waals surface area contributed by atoms with Gasteiger partial charge >= 0.3 is 5.97 Å². The van der Waals surface area contributed by atoms with E-state index in [1.807, 2.05) is 25.1 Å². The number of nitrogens with one attached hydrogen (secondary N) is 1. The minimum atomic E-state index is -0.566. The molecule has 2 amide bonds. The van der Waals surface area contributed by atoms with Gasteiger partial charge in [0.15, 0.2) is 6.61 Å². The molecule has 26 heavy (non-hydrogen) atoms. The molecule has 2 aromatic rings. The van der Waals surface area contributed by atoms with E-state index in [0.717, 1.165) is 5.56 Å².